The first-order chi connectivity index (χ1) is 13.3. The largest absolute Gasteiger partial charge is 0.481 e. The number of rotatable bonds is 7. The van der Waals surface area contributed by atoms with Crippen LogP contribution in [0.4, 0.5) is 21.9 Å². The van der Waals surface area contributed by atoms with Gasteiger partial charge in [0.15, 0.2) is 0 Å². The van der Waals surface area contributed by atoms with Gasteiger partial charge in [-0.05, 0) is 42.3 Å². The summed E-state index contributed by atoms with van der Waals surface area (Å²) in [4.78, 5) is 36.6. The normalized spacial score (nSPS) is 10.1. The third kappa shape index (κ3) is 5.73. The van der Waals surface area contributed by atoms with Crippen LogP contribution in [0.15, 0.2) is 42.5 Å². The molecule has 2 amide bonds. The van der Waals surface area contributed by atoms with Crippen molar-refractivity contribution >= 4 is 35.0 Å². The third-order valence-electron chi connectivity index (χ3n) is 3.96. The number of carboxylic acids is 1. The van der Waals surface area contributed by atoms with E-state index in [1.165, 1.54) is 7.11 Å². The summed E-state index contributed by atoms with van der Waals surface area (Å²) in [5.74, 6) is -1.33. The number of carbonyl (C=O) groups is 3. The molecule has 0 aliphatic heterocycles. The summed E-state index contributed by atoms with van der Waals surface area (Å²) in [6, 6.07) is 11.4. The second-order valence-electron chi connectivity index (χ2n) is 6.29. The van der Waals surface area contributed by atoms with Crippen molar-refractivity contribution in [1.29, 1.82) is 0 Å². The smallest absolute Gasteiger partial charge is 0.337 e. The molecule has 0 fully saturated rings. The molecule has 0 bridgehead atoms. The van der Waals surface area contributed by atoms with E-state index in [0.29, 0.717) is 29.0 Å². The van der Waals surface area contributed by atoms with E-state index in [4.69, 9.17) is 9.84 Å². The number of aliphatic carboxylic acids is 1. The van der Waals surface area contributed by atoms with Crippen molar-refractivity contribution in [3.8, 4) is 0 Å². The zero-order valence-corrected chi connectivity index (χ0v) is 16.0. The first-order valence-electron chi connectivity index (χ1n) is 8.58. The van der Waals surface area contributed by atoms with E-state index in [-0.39, 0.29) is 6.42 Å². The van der Waals surface area contributed by atoms with Gasteiger partial charge in [0.1, 0.15) is 0 Å². The fourth-order valence-corrected chi connectivity index (χ4v) is 2.59. The predicted octanol–water partition coefficient (Wildman–Crippen LogP) is 3.20. The Morgan fingerprint density at radius 2 is 1.82 bits per heavy atom. The Hall–Kier alpha value is -3.55. The van der Waals surface area contributed by atoms with Gasteiger partial charge in [-0.3, -0.25) is 4.79 Å². The molecule has 2 aromatic carbocycles. The summed E-state index contributed by atoms with van der Waals surface area (Å²) >= 11 is 0. The maximum absolute atomic E-state index is 12.4. The number of urea groups is 1. The number of esters is 1. The monoisotopic (exact) mass is 385 g/mol. The molecule has 148 valence electrons. The lowest BCUT2D eigenvalue weighted by Gasteiger charge is -2.19. The van der Waals surface area contributed by atoms with Crippen molar-refractivity contribution in [1.82, 2.24) is 0 Å². The molecule has 0 aromatic heterocycles. The van der Waals surface area contributed by atoms with Crippen molar-refractivity contribution in [3.63, 3.8) is 0 Å². The molecule has 8 nitrogen and oxygen atoms in total. The average molecular weight is 385 g/mol. The van der Waals surface area contributed by atoms with Crippen LogP contribution in [0.3, 0.4) is 0 Å². The van der Waals surface area contributed by atoms with Crippen molar-refractivity contribution in [2.45, 2.75) is 12.8 Å². The van der Waals surface area contributed by atoms with E-state index < -0.39 is 18.0 Å². The molecular formula is C20H23N3O5. The van der Waals surface area contributed by atoms with Gasteiger partial charge in [0.2, 0.25) is 0 Å². The number of amides is 2. The van der Waals surface area contributed by atoms with Crippen LogP contribution < -0.4 is 15.5 Å². The number of carboxylic acid groups (broad SMARTS) is 1. The highest BCUT2D eigenvalue weighted by Gasteiger charge is 2.13. The molecular weight excluding hydrogens is 362 g/mol. The molecule has 3 N–H and O–H groups in total. The van der Waals surface area contributed by atoms with Crippen LogP contribution in [0.25, 0.3) is 0 Å². The van der Waals surface area contributed by atoms with Crippen LogP contribution in [-0.2, 0) is 16.0 Å². The number of hydrogen-bond acceptors (Lipinski definition) is 5. The molecule has 0 spiro atoms. The number of nitrogens with zero attached hydrogens (tertiary/aromatic N) is 1. The number of aryl methyl sites for hydroxylation is 1. The molecule has 0 saturated carbocycles. The molecule has 0 saturated heterocycles. The predicted molar refractivity (Wildman–Crippen MR) is 107 cm³/mol. The van der Waals surface area contributed by atoms with Crippen LogP contribution in [0.2, 0.25) is 0 Å². The fourth-order valence-electron chi connectivity index (χ4n) is 2.59. The minimum atomic E-state index is -0.872. The Bertz CT molecular complexity index is 880. The van der Waals surface area contributed by atoms with Gasteiger partial charge in [-0.2, -0.15) is 0 Å². The SMILES string of the molecule is COC(=O)c1ccc(NC(=O)Nc2cccc(CCC(=O)O)c2)c(N(C)C)c1. The molecule has 0 aliphatic rings. The topological polar surface area (TPSA) is 108 Å². The van der Waals surface area contributed by atoms with Crippen LogP contribution in [0, 0.1) is 0 Å². The Morgan fingerprint density at radius 1 is 1.07 bits per heavy atom. The van der Waals surface area contributed by atoms with Gasteiger partial charge >= 0.3 is 18.0 Å². The van der Waals surface area contributed by atoms with E-state index in [9.17, 15) is 14.4 Å². The van der Waals surface area contributed by atoms with E-state index in [0.717, 1.165) is 5.56 Å². The van der Waals surface area contributed by atoms with E-state index in [1.807, 2.05) is 6.07 Å². The van der Waals surface area contributed by atoms with Crippen molar-refractivity contribution in [2.75, 3.05) is 36.7 Å². The molecule has 0 radical (unpaired) electrons. The Labute approximate surface area is 163 Å². The summed E-state index contributed by atoms with van der Waals surface area (Å²) in [5, 5.41) is 14.3. The first-order valence-corrected chi connectivity index (χ1v) is 8.58. The number of ether oxygens (including phenoxy) is 1. The second-order valence-corrected chi connectivity index (χ2v) is 6.29. The lowest BCUT2D eigenvalue weighted by Crippen LogP contribution is -2.22. The van der Waals surface area contributed by atoms with Crippen LogP contribution in [0.1, 0.15) is 22.3 Å². The second kappa shape index (κ2) is 9.40. The summed E-state index contributed by atoms with van der Waals surface area (Å²) in [6.07, 6.45) is 0.403. The molecule has 0 aliphatic carbocycles. The standard InChI is InChI=1S/C20H23N3O5/c1-23(2)17-12-14(19(26)28-3)8-9-16(17)22-20(27)21-15-6-4-5-13(11-15)7-10-18(24)25/h4-6,8-9,11-12H,7,10H2,1-3H3,(H,24,25)(H2,21,22,27). The molecule has 0 atom stereocenters. The Morgan fingerprint density at radius 3 is 2.46 bits per heavy atom. The van der Waals surface area contributed by atoms with Crippen LogP contribution >= 0.6 is 0 Å². The van der Waals surface area contributed by atoms with Gasteiger partial charge in [-0.1, -0.05) is 12.1 Å². The van der Waals surface area contributed by atoms with Gasteiger partial charge in [-0.15, -0.1) is 0 Å². The van der Waals surface area contributed by atoms with Crippen molar-refractivity contribution < 1.29 is 24.2 Å². The number of anilines is 3. The van der Waals surface area contributed by atoms with Gasteiger partial charge in [0, 0.05) is 26.2 Å². The summed E-state index contributed by atoms with van der Waals surface area (Å²) in [5.41, 5.74) is 2.92. The molecule has 0 heterocycles. The Balaban J connectivity index is 2.11. The van der Waals surface area contributed by atoms with E-state index in [1.54, 1.807) is 55.4 Å². The lowest BCUT2D eigenvalue weighted by molar-refractivity contribution is -0.136. The first kappa shape index (κ1) is 20.8. The van der Waals surface area contributed by atoms with Gasteiger partial charge < -0.3 is 25.4 Å². The molecule has 0 unspecified atom stereocenters. The maximum atomic E-state index is 12.4. The molecule has 2 rings (SSSR count). The van der Waals surface area contributed by atoms with Gasteiger partial charge in [0.05, 0.1) is 24.0 Å². The highest BCUT2D eigenvalue weighted by molar-refractivity contribution is 6.02. The maximum Gasteiger partial charge on any atom is 0.337 e. The molecule has 8 heteroatoms. The van der Waals surface area contributed by atoms with Crippen LogP contribution in [-0.4, -0.2) is 44.3 Å². The minimum Gasteiger partial charge on any atom is -0.481 e. The summed E-state index contributed by atoms with van der Waals surface area (Å²) in [7, 11) is 4.90. The Kier molecular flexibility index (Phi) is 6.97. The third-order valence-corrected chi connectivity index (χ3v) is 3.96. The summed E-state index contributed by atoms with van der Waals surface area (Å²) < 4.78 is 4.72. The minimum absolute atomic E-state index is 0.0222. The zero-order chi connectivity index (χ0) is 20.7. The highest BCUT2D eigenvalue weighted by Crippen LogP contribution is 2.26. The lowest BCUT2D eigenvalue weighted by atomic mass is 10.1. The number of methoxy groups -OCH3 is 1. The number of carbonyl (C=O) groups excluding carboxylic acids is 2. The average Bonchev–Trinajstić information content (AvgIpc) is 2.66. The highest BCUT2D eigenvalue weighted by atomic mass is 16.5. The quantitative estimate of drug-likeness (QED) is 0.632. The fraction of sp³-hybridized carbons (Fsp3) is 0.250. The van der Waals surface area contributed by atoms with E-state index in [2.05, 4.69) is 10.6 Å². The van der Waals surface area contributed by atoms with Crippen LogP contribution in [0.5, 0.6) is 0 Å². The van der Waals surface area contributed by atoms with Gasteiger partial charge in [0.25, 0.3) is 0 Å². The number of hydrogen-bond donors (Lipinski definition) is 3. The number of benzene rings is 2. The van der Waals surface area contributed by atoms with Crippen molar-refractivity contribution in [3.05, 3.63) is 53.6 Å². The molecule has 2 aromatic rings. The van der Waals surface area contributed by atoms with E-state index >= 15 is 0 Å². The number of nitrogens with one attached hydrogen (secondary N) is 2. The van der Waals surface area contributed by atoms with Gasteiger partial charge in [-0.25, -0.2) is 9.59 Å². The molecule has 28 heavy (non-hydrogen) atoms. The van der Waals surface area contributed by atoms with Crippen molar-refractivity contribution in [2.24, 2.45) is 0 Å². The zero-order valence-electron chi connectivity index (χ0n) is 16.0. The summed E-state index contributed by atoms with van der Waals surface area (Å²) in [6.45, 7) is 0.